The lowest BCUT2D eigenvalue weighted by molar-refractivity contribution is 0.465. The van der Waals surface area contributed by atoms with Crippen molar-refractivity contribution in [2.24, 2.45) is 7.05 Å². The van der Waals surface area contributed by atoms with Crippen LogP contribution < -0.4 is 5.19 Å². The summed E-state index contributed by atoms with van der Waals surface area (Å²) in [5.41, 5.74) is 10.4. The van der Waals surface area contributed by atoms with Crippen LogP contribution >= 0.6 is 0 Å². The van der Waals surface area contributed by atoms with E-state index < -0.39 is 8.07 Å². The van der Waals surface area contributed by atoms with E-state index in [0.717, 1.165) is 50.4 Å². The van der Waals surface area contributed by atoms with Crippen molar-refractivity contribution in [3.8, 4) is 39.5 Å². The van der Waals surface area contributed by atoms with Crippen LogP contribution in [0.1, 0.15) is 77.0 Å². The first kappa shape index (κ1) is 30.7. The van der Waals surface area contributed by atoms with Crippen molar-refractivity contribution in [1.29, 1.82) is 0 Å². The van der Waals surface area contributed by atoms with E-state index >= 15 is 0 Å². The minimum Gasteiger partial charge on any atom is -0.507 e. The number of hydrogen-bond donors (Lipinski definition) is 1. The van der Waals surface area contributed by atoms with Crippen LogP contribution in [0.5, 0.6) is 5.75 Å². The lowest BCUT2D eigenvalue weighted by atomic mass is 9.83. The van der Waals surface area contributed by atoms with Crippen LogP contribution in [0.4, 0.5) is 0 Å². The fourth-order valence-electron chi connectivity index (χ4n) is 5.68. The van der Waals surface area contributed by atoms with Gasteiger partial charge in [0.2, 0.25) is 0 Å². The van der Waals surface area contributed by atoms with Gasteiger partial charge >= 0.3 is 0 Å². The quantitative estimate of drug-likeness (QED) is 0.201. The molecule has 43 heavy (non-hydrogen) atoms. The first-order valence-corrected chi connectivity index (χ1v) is 19.0. The molecule has 0 bridgehead atoms. The molecule has 0 spiro atoms. The highest BCUT2D eigenvalue weighted by molar-refractivity contribution is 6.88. The summed E-state index contributed by atoms with van der Waals surface area (Å²) >= 11 is 0. The molecule has 2 heterocycles. The van der Waals surface area contributed by atoms with E-state index in [4.69, 9.17) is 9.97 Å². The summed E-state index contributed by atoms with van der Waals surface area (Å²) in [6.07, 6.45) is 2.07. The molecule has 0 amide bonds. The standard InChI is InChI=1S/C38H47N3OSi/c1-23(2)25-20-31(24(3)4)36(42)32(21-25)37-40-35-30(13-12-14-34(35)41(37)8)26-17-27(19-28(18-26)38(5,6)7)33-16-15-29(22-39-33)43(9,10)11/h12-24,42H,1-11H3. The molecule has 0 atom stereocenters. The van der Waals surface area contributed by atoms with E-state index in [2.05, 4.69) is 140 Å². The summed E-state index contributed by atoms with van der Waals surface area (Å²) in [5, 5.41) is 12.8. The summed E-state index contributed by atoms with van der Waals surface area (Å²) in [7, 11) is 0.609. The van der Waals surface area contributed by atoms with Gasteiger partial charge in [0.1, 0.15) is 11.6 Å². The number of nitrogens with zero attached hydrogens (tertiary/aromatic N) is 3. The molecule has 2 aromatic heterocycles. The first-order valence-electron chi connectivity index (χ1n) is 15.5. The average Bonchev–Trinajstić information content (AvgIpc) is 3.28. The minimum atomic E-state index is -1.44. The molecular formula is C38H47N3OSi. The highest BCUT2D eigenvalue weighted by Crippen LogP contribution is 2.41. The van der Waals surface area contributed by atoms with Crippen molar-refractivity contribution in [2.45, 2.75) is 85.4 Å². The molecule has 0 saturated heterocycles. The van der Waals surface area contributed by atoms with Crippen molar-refractivity contribution in [3.05, 3.63) is 83.6 Å². The summed E-state index contributed by atoms with van der Waals surface area (Å²) in [6.45, 7) is 22.5. The van der Waals surface area contributed by atoms with Gasteiger partial charge < -0.3 is 9.67 Å². The fraction of sp³-hybridized carbons (Fsp3) is 0.368. The number of benzene rings is 3. The number of phenolic OH excluding ortho intramolecular Hbond substituents is 1. The molecule has 5 rings (SSSR count). The van der Waals surface area contributed by atoms with Crippen molar-refractivity contribution < 1.29 is 5.11 Å². The highest BCUT2D eigenvalue weighted by Gasteiger charge is 2.23. The molecule has 4 nitrogen and oxygen atoms in total. The highest BCUT2D eigenvalue weighted by atomic mass is 28.3. The van der Waals surface area contributed by atoms with Crippen LogP contribution in [0.2, 0.25) is 19.6 Å². The zero-order valence-corrected chi connectivity index (χ0v) is 28.8. The third kappa shape index (κ3) is 5.92. The number of hydrogen-bond acceptors (Lipinski definition) is 3. The van der Waals surface area contributed by atoms with Crippen molar-refractivity contribution in [3.63, 3.8) is 0 Å². The molecule has 224 valence electrons. The van der Waals surface area contributed by atoms with E-state index in [1.807, 2.05) is 7.05 Å². The lowest BCUT2D eigenvalue weighted by Crippen LogP contribution is -2.37. The number of imidazole rings is 1. The Morgan fingerprint density at radius 3 is 2.09 bits per heavy atom. The zero-order chi connectivity index (χ0) is 31.4. The number of phenols is 1. The second-order valence-electron chi connectivity index (χ2n) is 14.7. The Labute approximate surface area is 258 Å². The van der Waals surface area contributed by atoms with Crippen molar-refractivity contribution >= 4 is 24.3 Å². The summed E-state index contributed by atoms with van der Waals surface area (Å²) < 4.78 is 2.12. The SMILES string of the molecule is CC(C)c1cc(-c2nc3c(-c4cc(-c5ccc([Si](C)(C)C)cn5)cc(C(C)(C)C)c4)cccc3n2C)c(O)c(C(C)C)c1. The predicted octanol–water partition coefficient (Wildman–Crippen LogP) is 9.76. The van der Waals surface area contributed by atoms with Gasteiger partial charge in [-0.25, -0.2) is 4.98 Å². The van der Waals surface area contributed by atoms with Crippen LogP contribution in [0.3, 0.4) is 0 Å². The topological polar surface area (TPSA) is 50.9 Å². The fourth-order valence-corrected chi connectivity index (χ4v) is 6.72. The van der Waals surface area contributed by atoms with Crippen LogP contribution in [0, 0.1) is 0 Å². The van der Waals surface area contributed by atoms with Crippen LogP contribution in [0.25, 0.3) is 44.8 Å². The Balaban J connectivity index is 1.72. The number of aromatic hydroxyl groups is 1. The average molecular weight is 590 g/mol. The van der Waals surface area contributed by atoms with E-state index in [-0.39, 0.29) is 11.3 Å². The van der Waals surface area contributed by atoms with Gasteiger partial charge in [-0.3, -0.25) is 4.98 Å². The summed E-state index contributed by atoms with van der Waals surface area (Å²) in [6, 6.07) is 21.9. The number of aryl methyl sites for hydroxylation is 1. The molecule has 0 unspecified atom stereocenters. The van der Waals surface area contributed by atoms with Gasteiger partial charge in [0.15, 0.2) is 0 Å². The van der Waals surface area contributed by atoms with Crippen LogP contribution in [-0.2, 0) is 12.5 Å². The molecule has 0 aliphatic heterocycles. The second kappa shape index (κ2) is 11.1. The Bertz CT molecular complexity index is 1800. The Hall–Kier alpha value is -3.70. The van der Waals surface area contributed by atoms with Crippen LogP contribution in [-0.4, -0.2) is 27.7 Å². The first-order chi connectivity index (χ1) is 20.1. The smallest absolute Gasteiger partial charge is 0.144 e. The predicted molar refractivity (Wildman–Crippen MR) is 186 cm³/mol. The monoisotopic (exact) mass is 589 g/mol. The molecule has 1 N–H and O–H groups in total. The summed E-state index contributed by atoms with van der Waals surface area (Å²) in [4.78, 5) is 10.2. The maximum Gasteiger partial charge on any atom is 0.144 e. The zero-order valence-electron chi connectivity index (χ0n) is 27.8. The van der Waals surface area contributed by atoms with Crippen molar-refractivity contribution in [1.82, 2.24) is 14.5 Å². The minimum absolute atomic E-state index is 0.0392. The number of aromatic nitrogens is 3. The van der Waals surface area contributed by atoms with Gasteiger partial charge in [-0.15, -0.1) is 0 Å². The maximum atomic E-state index is 11.5. The molecule has 0 aliphatic rings. The molecule has 3 aromatic carbocycles. The molecule has 0 fully saturated rings. The number of rotatable bonds is 6. The van der Waals surface area contributed by atoms with Gasteiger partial charge in [-0.2, -0.15) is 0 Å². The maximum absolute atomic E-state index is 11.5. The molecule has 5 aromatic rings. The summed E-state index contributed by atoms with van der Waals surface area (Å²) in [5.74, 6) is 1.65. The van der Waals surface area contributed by atoms with Gasteiger partial charge in [-0.05, 0) is 75.0 Å². The number of para-hydroxylation sites is 1. The van der Waals surface area contributed by atoms with Gasteiger partial charge in [-0.1, -0.05) is 98.4 Å². The van der Waals surface area contributed by atoms with E-state index in [1.165, 1.54) is 16.3 Å². The third-order valence-corrected chi connectivity index (χ3v) is 10.7. The Morgan fingerprint density at radius 2 is 1.51 bits per heavy atom. The molecular weight excluding hydrogens is 543 g/mol. The van der Waals surface area contributed by atoms with E-state index in [1.54, 1.807) is 0 Å². The molecule has 0 aliphatic carbocycles. The number of fused-ring (bicyclic) bond motifs is 1. The normalized spacial score (nSPS) is 12.6. The molecule has 5 heteroatoms. The van der Waals surface area contributed by atoms with Gasteiger partial charge in [0.05, 0.1) is 30.4 Å². The van der Waals surface area contributed by atoms with Crippen LogP contribution in [0.15, 0.2) is 66.9 Å². The largest absolute Gasteiger partial charge is 0.507 e. The third-order valence-electron chi connectivity index (χ3n) is 8.64. The Kier molecular flexibility index (Phi) is 7.93. The molecule has 0 saturated carbocycles. The van der Waals surface area contributed by atoms with Crippen molar-refractivity contribution in [2.75, 3.05) is 0 Å². The van der Waals surface area contributed by atoms with E-state index in [9.17, 15) is 5.11 Å². The van der Waals surface area contributed by atoms with Gasteiger partial charge in [0, 0.05) is 24.4 Å². The van der Waals surface area contributed by atoms with Gasteiger partial charge in [0.25, 0.3) is 0 Å². The van der Waals surface area contributed by atoms with E-state index in [0.29, 0.717) is 11.7 Å². The molecule has 0 radical (unpaired) electrons. The number of pyridine rings is 1. The lowest BCUT2D eigenvalue weighted by Gasteiger charge is -2.22. The second-order valence-corrected chi connectivity index (χ2v) is 19.8. The Morgan fingerprint density at radius 1 is 0.814 bits per heavy atom.